The van der Waals surface area contributed by atoms with E-state index in [0.29, 0.717) is 12.4 Å². The number of pyridine rings is 1. The normalized spacial score (nSPS) is 16.4. The van der Waals surface area contributed by atoms with Crippen LogP contribution in [0.1, 0.15) is 29.0 Å². The smallest absolute Gasteiger partial charge is 0.226 e. The Labute approximate surface area is 148 Å². The molecule has 1 aliphatic rings. The van der Waals surface area contributed by atoms with Crippen LogP contribution < -0.4 is 5.32 Å². The molecule has 25 heavy (non-hydrogen) atoms. The van der Waals surface area contributed by atoms with Crippen LogP contribution in [0.5, 0.6) is 0 Å². The highest BCUT2D eigenvalue weighted by molar-refractivity contribution is 6.30. The lowest BCUT2D eigenvalue weighted by atomic mass is 9.87. The van der Waals surface area contributed by atoms with Crippen LogP contribution >= 0.6 is 11.6 Å². The number of carbonyl (C=O) groups is 1. The monoisotopic (exact) mass is 356 g/mol. The molecule has 4 rings (SSSR count). The fourth-order valence-electron chi connectivity index (χ4n) is 3.08. The van der Waals surface area contributed by atoms with Crippen molar-refractivity contribution in [3.05, 3.63) is 76.5 Å². The van der Waals surface area contributed by atoms with Gasteiger partial charge < -0.3 is 5.32 Å². The average Bonchev–Trinajstić information content (AvgIpc) is 3.00. The van der Waals surface area contributed by atoms with Crippen LogP contribution in [-0.4, -0.2) is 20.7 Å². The molecule has 0 aliphatic carbocycles. The van der Waals surface area contributed by atoms with E-state index in [1.165, 1.54) is 6.07 Å². The molecule has 2 aromatic heterocycles. The van der Waals surface area contributed by atoms with E-state index in [9.17, 15) is 9.18 Å². The summed E-state index contributed by atoms with van der Waals surface area (Å²) in [6, 6.07) is 8.36. The number of aromatic nitrogens is 3. The fraction of sp³-hybridized carbons (Fsp3) is 0.167. The van der Waals surface area contributed by atoms with Gasteiger partial charge >= 0.3 is 0 Å². The summed E-state index contributed by atoms with van der Waals surface area (Å²) in [7, 11) is 0. The second-order valence-corrected chi connectivity index (χ2v) is 6.35. The molecule has 1 amide bonds. The molecule has 1 unspecified atom stereocenters. The molecule has 126 valence electrons. The van der Waals surface area contributed by atoms with E-state index in [1.54, 1.807) is 35.4 Å². The van der Waals surface area contributed by atoms with Crippen molar-refractivity contribution in [3.63, 3.8) is 0 Å². The lowest BCUT2D eigenvalue weighted by Crippen LogP contribution is -2.25. The molecule has 1 aromatic carbocycles. The zero-order valence-corrected chi connectivity index (χ0v) is 13.9. The largest absolute Gasteiger partial charge is 0.311 e. The van der Waals surface area contributed by atoms with Crippen molar-refractivity contribution >= 4 is 23.3 Å². The third-order valence-corrected chi connectivity index (χ3v) is 4.58. The zero-order valence-electron chi connectivity index (χ0n) is 13.1. The molecule has 0 bridgehead atoms. The summed E-state index contributed by atoms with van der Waals surface area (Å²) >= 11 is 5.91. The number of carbonyl (C=O) groups excluding carboxylic acids is 1. The Morgan fingerprint density at radius 1 is 1.32 bits per heavy atom. The van der Waals surface area contributed by atoms with Crippen molar-refractivity contribution in [1.29, 1.82) is 0 Å². The number of amides is 1. The van der Waals surface area contributed by atoms with E-state index < -0.39 is 5.82 Å². The SMILES string of the molecule is O=C1CC(c2ccc(F)c(Cl)c2)c2cnn(Cc3cccnc3)c2N1. The van der Waals surface area contributed by atoms with Crippen LogP contribution in [0.4, 0.5) is 10.2 Å². The van der Waals surface area contributed by atoms with Crippen LogP contribution in [0.2, 0.25) is 5.02 Å². The number of nitrogens with one attached hydrogen (secondary N) is 1. The first-order valence-electron chi connectivity index (χ1n) is 7.81. The quantitative estimate of drug-likeness (QED) is 0.780. The topological polar surface area (TPSA) is 59.8 Å². The Morgan fingerprint density at radius 2 is 2.20 bits per heavy atom. The molecule has 5 nitrogen and oxygen atoms in total. The Bertz CT molecular complexity index is 942. The summed E-state index contributed by atoms with van der Waals surface area (Å²) in [4.78, 5) is 16.3. The van der Waals surface area contributed by atoms with Gasteiger partial charge in [0.1, 0.15) is 11.6 Å². The van der Waals surface area contributed by atoms with Gasteiger partial charge in [0.25, 0.3) is 0 Å². The number of rotatable bonds is 3. The van der Waals surface area contributed by atoms with Gasteiger partial charge in [-0.15, -0.1) is 0 Å². The first-order chi connectivity index (χ1) is 12.1. The summed E-state index contributed by atoms with van der Waals surface area (Å²) in [5.74, 6) is -0.126. The van der Waals surface area contributed by atoms with Crippen LogP contribution in [0, 0.1) is 5.82 Å². The summed E-state index contributed by atoms with van der Waals surface area (Å²) in [5.41, 5.74) is 2.67. The molecule has 0 fully saturated rings. The van der Waals surface area contributed by atoms with Gasteiger partial charge in [-0.3, -0.25) is 9.78 Å². The Hall–Kier alpha value is -2.73. The van der Waals surface area contributed by atoms with E-state index in [1.807, 2.05) is 12.1 Å². The number of halogens is 2. The van der Waals surface area contributed by atoms with Crippen LogP contribution in [0.15, 0.2) is 48.9 Å². The van der Waals surface area contributed by atoms with E-state index in [4.69, 9.17) is 11.6 Å². The molecule has 1 aliphatic heterocycles. The van der Waals surface area contributed by atoms with Crippen LogP contribution in [0.3, 0.4) is 0 Å². The lowest BCUT2D eigenvalue weighted by molar-refractivity contribution is -0.116. The minimum Gasteiger partial charge on any atom is -0.311 e. The highest BCUT2D eigenvalue weighted by atomic mass is 35.5. The molecule has 0 spiro atoms. The van der Waals surface area contributed by atoms with Gasteiger partial charge in [0.2, 0.25) is 5.91 Å². The minimum absolute atomic E-state index is 0.0489. The van der Waals surface area contributed by atoms with Gasteiger partial charge in [-0.1, -0.05) is 23.7 Å². The third kappa shape index (κ3) is 3.00. The fourth-order valence-corrected chi connectivity index (χ4v) is 3.27. The molecule has 0 saturated heterocycles. The predicted octanol–water partition coefficient (Wildman–Crippen LogP) is 3.59. The molecule has 3 aromatic rings. The van der Waals surface area contributed by atoms with Gasteiger partial charge in [0, 0.05) is 30.3 Å². The Morgan fingerprint density at radius 3 is 2.96 bits per heavy atom. The average molecular weight is 357 g/mol. The van der Waals surface area contributed by atoms with Gasteiger partial charge in [-0.05, 0) is 29.3 Å². The van der Waals surface area contributed by atoms with Gasteiger partial charge in [-0.2, -0.15) is 5.10 Å². The second kappa shape index (κ2) is 6.29. The van der Waals surface area contributed by atoms with E-state index in [2.05, 4.69) is 15.4 Å². The molecule has 0 radical (unpaired) electrons. The second-order valence-electron chi connectivity index (χ2n) is 5.95. The van der Waals surface area contributed by atoms with Gasteiger partial charge in [0.15, 0.2) is 0 Å². The Balaban J connectivity index is 1.72. The molecular weight excluding hydrogens is 343 g/mol. The van der Waals surface area contributed by atoms with Crippen molar-refractivity contribution in [3.8, 4) is 0 Å². The number of hydrogen-bond donors (Lipinski definition) is 1. The van der Waals surface area contributed by atoms with Gasteiger partial charge in [0.05, 0.1) is 17.8 Å². The number of fused-ring (bicyclic) bond motifs is 1. The van der Waals surface area contributed by atoms with Crippen molar-refractivity contribution in [2.45, 2.75) is 18.9 Å². The molecule has 0 saturated carbocycles. The summed E-state index contributed by atoms with van der Waals surface area (Å²) < 4.78 is 15.2. The number of benzene rings is 1. The molecule has 1 N–H and O–H groups in total. The third-order valence-electron chi connectivity index (χ3n) is 4.29. The highest BCUT2D eigenvalue weighted by Crippen LogP contribution is 2.38. The zero-order chi connectivity index (χ0) is 17.4. The number of nitrogens with zero attached hydrogens (tertiary/aromatic N) is 3. The number of hydrogen-bond acceptors (Lipinski definition) is 3. The maximum absolute atomic E-state index is 13.5. The van der Waals surface area contributed by atoms with E-state index >= 15 is 0 Å². The highest BCUT2D eigenvalue weighted by Gasteiger charge is 2.30. The Kier molecular flexibility index (Phi) is 3.97. The van der Waals surface area contributed by atoms with Crippen LogP contribution in [-0.2, 0) is 11.3 Å². The molecular formula is C18H14ClFN4O. The summed E-state index contributed by atoms with van der Waals surface area (Å²) in [6.07, 6.45) is 5.48. The van der Waals surface area contributed by atoms with Crippen molar-refractivity contribution in [2.75, 3.05) is 5.32 Å². The minimum atomic E-state index is -0.474. The van der Waals surface area contributed by atoms with E-state index in [0.717, 1.165) is 16.7 Å². The maximum atomic E-state index is 13.5. The van der Waals surface area contributed by atoms with Crippen molar-refractivity contribution in [2.24, 2.45) is 0 Å². The van der Waals surface area contributed by atoms with Crippen molar-refractivity contribution in [1.82, 2.24) is 14.8 Å². The first-order valence-corrected chi connectivity index (χ1v) is 8.19. The maximum Gasteiger partial charge on any atom is 0.226 e. The van der Waals surface area contributed by atoms with Crippen LogP contribution in [0.25, 0.3) is 0 Å². The summed E-state index contributed by atoms with van der Waals surface area (Å²) in [5, 5.41) is 7.35. The first kappa shape index (κ1) is 15.8. The standard InChI is InChI=1S/C18H14ClFN4O/c19-15-6-12(3-4-16(15)20)13-7-17(25)23-18-14(13)9-22-24(18)10-11-2-1-5-21-8-11/h1-6,8-9,13H,7,10H2,(H,23,25). The van der Waals surface area contributed by atoms with Gasteiger partial charge in [-0.25, -0.2) is 9.07 Å². The molecule has 7 heteroatoms. The summed E-state index contributed by atoms with van der Waals surface area (Å²) in [6.45, 7) is 0.500. The number of anilines is 1. The lowest BCUT2D eigenvalue weighted by Gasteiger charge is -2.24. The molecule has 3 heterocycles. The van der Waals surface area contributed by atoms with Crippen molar-refractivity contribution < 1.29 is 9.18 Å². The molecule has 1 atom stereocenters. The predicted molar refractivity (Wildman–Crippen MR) is 92.1 cm³/mol. The van der Waals surface area contributed by atoms with E-state index in [-0.39, 0.29) is 23.3 Å².